The second kappa shape index (κ2) is 8.17. The fourth-order valence-corrected chi connectivity index (χ4v) is 3.84. The summed E-state index contributed by atoms with van der Waals surface area (Å²) >= 11 is 5.86. The third-order valence-electron chi connectivity index (χ3n) is 4.93. The number of hydrogen-bond acceptors (Lipinski definition) is 5. The third-order valence-corrected chi connectivity index (χ3v) is 5.18. The first-order valence-corrected chi connectivity index (χ1v) is 9.59. The van der Waals surface area contributed by atoms with Crippen LogP contribution in [-0.4, -0.2) is 36.0 Å². The zero-order chi connectivity index (χ0) is 19.4. The summed E-state index contributed by atoms with van der Waals surface area (Å²) in [6.45, 7) is 4.06. The Labute approximate surface area is 163 Å². The van der Waals surface area contributed by atoms with Crippen LogP contribution >= 0.6 is 11.6 Å². The molecule has 3 rings (SSSR count). The van der Waals surface area contributed by atoms with Crippen LogP contribution in [0.1, 0.15) is 39.5 Å². The van der Waals surface area contributed by atoms with Gasteiger partial charge < -0.3 is 20.2 Å². The summed E-state index contributed by atoms with van der Waals surface area (Å²) in [4.78, 5) is 30.8. The van der Waals surface area contributed by atoms with Crippen LogP contribution in [-0.2, 0) is 14.4 Å². The van der Waals surface area contributed by atoms with E-state index < -0.39 is 17.5 Å². The van der Waals surface area contributed by atoms with Crippen molar-refractivity contribution in [2.75, 3.05) is 11.9 Å². The number of amides is 2. The van der Waals surface area contributed by atoms with E-state index in [1.165, 1.54) is 0 Å². The van der Waals surface area contributed by atoms with Gasteiger partial charge in [-0.2, -0.15) is 0 Å². The number of halogens is 1. The number of esters is 1. The molecule has 1 aromatic carbocycles. The van der Waals surface area contributed by atoms with Crippen molar-refractivity contribution in [1.29, 1.82) is 0 Å². The van der Waals surface area contributed by atoms with Gasteiger partial charge in [0.05, 0.1) is 12.3 Å². The van der Waals surface area contributed by atoms with Crippen LogP contribution in [0, 0.1) is 5.92 Å². The van der Waals surface area contributed by atoms with Gasteiger partial charge in [0.15, 0.2) is 0 Å². The van der Waals surface area contributed by atoms with Gasteiger partial charge in [-0.3, -0.25) is 0 Å². The number of anilines is 1. The van der Waals surface area contributed by atoms with Gasteiger partial charge in [0.2, 0.25) is 0 Å². The largest absolute Gasteiger partial charge is 0.464 e. The number of carbonyl (C=O) groups excluding carboxylic acids is 2. The molecular weight excluding hydrogens is 370 g/mol. The van der Waals surface area contributed by atoms with Gasteiger partial charge in [-0.25, -0.2) is 9.59 Å². The monoisotopic (exact) mass is 393 g/mol. The smallest absolute Gasteiger partial charge is 0.332 e. The summed E-state index contributed by atoms with van der Waals surface area (Å²) in [6, 6.07) is 6.27. The molecule has 2 N–H and O–H groups in total. The second-order valence-corrected chi connectivity index (χ2v) is 7.32. The molecular formula is C19H24ClN3O4. The Kier molecular flexibility index (Phi) is 5.89. The average molecular weight is 394 g/mol. The van der Waals surface area contributed by atoms with Gasteiger partial charge in [0.25, 0.3) is 0 Å². The topological polar surface area (TPSA) is 89.0 Å². The number of urea groups is 1. The SMILES string of the molecule is CCCC1=NO[C@H]2C[C@@](NC(=O)Nc3ccc(Cl)cc3)(C(=O)OCC)C[C@@H]12. The molecule has 7 nitrogen and oxygen atoms in total. The van der Waals surface area contributed by atoms with Crippen molar-refractivity contribution in [3.63, 3.8) is 0 Å². The van der Waals surface area contributed by atoms with Crippen LogP contribution in [0.2, 0.25) is 5.02 Å². The lowest BCUT2D eigenvalue weighted by molar-refractivity contribution is -0.151. The molecule has 0 unspecified atom stereocenters. The molecule has 27 heavy (non-hydrogen) atoms. The molecule has 0 saturated heterocycles. The maximum atomic E-state index is 12.7. The molecule has 1 fully saturated rings. The summed E-state index contributed by atoms with van der Waals surface area (Å²) in [7, 11) is 0. The number of rotatable bonds is 6. The molecule has 146 valence electrons. The van der Waals surface area contributed by atoms with E-state index in [-0.39, 0.29) is 18.6 Å². The summed E-state index contributed by atoms with van der Waals surface area (Å²) < 4.78 is 5.26. The van der Waals surface area contributed by atoms with Gasteiger partial charge in [-0.1, -0.05) is 30.1 Å². The highest BCUT2D eigenvalue weighted by Crippen LogP contribution is 2.42. The molecule has 3 atom stereocenters. The molecule has 2 amide bonds. The standard InChI is InChI=1S/C19H24ClN3O4/c1-3-5-15-14-10-19(17(24)26-4-2,11-16(14)27-23-15)22-18(25)21-13-8-6-12(20)7-9-13/h6-9,14,16H,3-5,10-11H2,1-2H3,(H2,21,22,25)/t14-,16-,19+/m0/s1. The number of benzene rings is 1. The lowest BCUT2D eigenvalue weighted by atomic mass is 9.92. The highest BCUT2D eigenvalue weighted by molar-refractivity contribution is 6.30. The van der Waals surface area contributed by atoms with Crippen LogP contribution in [0.3, 0.4) is 0 Å². The van der Waals surface area contributed by atoms with E-state index in [2.05, 4.69) is 22.7 Å². The van der Waals surface area contributed by atoms with Crippen molar-refractivity contribution in [2.24, 2.45) is 11.1 Å². The van der Waals surface area contributed by atoms with E-state index in [9.17, 15) is 9.59 Å². The Morgan fingerprint density at radius 3 is 2.70 bits per heavy atom. The molecule has 1 saturated carbocycles. The van der Waals surface area contributed by atoms with Gasteiger partial charge >= 0.3 is 12.0 Å². The lowest BCUT2D eigenvalue weighted by Gasteiger charge is -2.28. The minimum atomic E-state index is -1.13. The highest BCUT2D eigenvalue weighted by Gasteiger charge is 2.56. The van der Waals surface area contributed by atoms with E-state index in [4.69, 9.17) is 21.2 Å². The quantitative estimate of drug-likeness (QED) is 0.720. The van der Waals surface area contributed by atoms with Crippen LogP contribution in [0.15, 0.2) is 29.4 Å². The van der Waals surface area contributed by atoms with E-state index in [1.54, 1.807) is 31.2 Å². The van der Waals surface area contributed by atoms with E-state index in [0.29, 0.717) is 23.6 Å². The molecule has 1 heterocycles. The van der Waals surface area contributed by atoms with Crippen molar-refractivity contribution >= 4 is 35.0 Å². The highest BCUT2D eigenvalue weighted by atomic mass is 35.5. The van der Waals surface area contributed by atoms with E-state index in [0.717, 1.165) is 18.6 Å². The first-order valence-electron chi connectivity index (χ1n) is 9.22. The molecule has 0 aromatic heterocycles. The Balaban J connectivity index is 1.74. The fourth-order valence-electron chi connectivity index (χ4n) is 3.71. The molecule has 1 aliphatic heterocycles. The van der Waals surface area contributed by atoms with Gasteiger partial charge in [0.1, 0.15) is 11.6 Å². The Morgan fingerprint density at radius 2 is 2.04 bits per heavy atom. The predicted octanol–water partition coefficient (Wildman–Crippen LogP) is 3.73. The molecule has 1 aromatic rings. The molecule has 0 bridgehead atoms. The maximum absolute atomic E-state index is 12.7. The van der Waals surface area contributed by atoms with Crippen molar-refractivity contribution in [2.45, 2.75) is 51.2 Å². The zero-order valence-corrected chi connectivity index (χ0v) is 16.2. The van der Waals surface area contributed by atoms with Crippen LogP contribution in [0.25, 0.3) is 0 Å². The van der Waals surface area contributed by atoms with Gasteiger partial charge in [-0.05, 0) is 44.0 Å². The van der Waals surface area contributed by atoms with Gasteiger partial charge in [-0.15, -0.1) is 0 Å². The number of nitrogens with zero attached hydrogens (tertiary/aromatic N) is 1. The number of nitrogens with one attached hydrogen (secondary N) is 2. The fraction of sp³-hybridized carbons (Fsp3) is 0.526. The number of ether oxygens (including phenoxy) is 1. The lowest BCUT2D eigenvalue weighted by Crippen LogP contribution is -2.55. The Morgan fingerprint density at radius 1 is 1.30 bits per heavy atom. The Hall–Kier alpha value is -2.28. The number of hydrogen-bond donors (Lipinski definition) is 2. The first kappa shape index (κ1) is 19.5. The second-order valence-electron chi connectivity index (χ2n) is 6.88. The third kappa shape index (κ3) is 4.18. The molecule has 2 aliphatic rings. The van der Waals surface area contributed by atoms with Crippen LogP contribution in [0.5, 0.6) is 0 Å². The number of carbonyl (C=O) groups is 2. The molecule has 1 aliphatic carbocycles. The molecule has 0 spiro atoms. The normalized spacial score (nSPS) is 26.0. The van der Waals surface area contributed by atoms with Crippen LogP contribution < -0.4 is 10.6 Å². The van der Waals surface area contributed by atoms with Crippen molar-refractivity contribution < 1.29 is 19.2 Å². The molecule has 0 radical (unpaired) electrons. The average Bonchev–Trinajstić information content (AvgIpc) is 3.17. The van der Waals surface area contributed by atoms with Crippen molar-refractivity contribution in [3.05, 3.63) is 29.3 Å². The summed E-state index contributed by atoms with van der Waals surface area (Å²) in [5.74, 6) is -0.421. The molecule has 8 heteroatoms. The summed E-state index contributed by atoms with van der Waals surface area (Å²) in [5.41, 5.74) is 0.406. The van der Waals surface area contributed by atoms with E-state index >= 15 is 0 Å². The summed E-state index contributed by atoms with van der Waals surface area (Å²) in [5, 5.41) is 10.3. The van der Waals surface area contributed by atoms with E-state index in [1.807, 2.05) is 0 Å². The van der Waals surface area contributed by atoms with Crippen molar-refractivity contribution in [3.8, 4) is 0 Å². The predicted molar refractivity (Wildman–Crippen MR) is 103 cm³/mol. The summed E-state index contributed by atoms with van der Waals surface area (Å²) in [6.07, 6.45) is 2.30. The maximum Gasteiger partial charge on any atom is 0.332 e. The zero-order valence-electron chi connectivity index (χ0n) is 15.5. The van der Waals surface area contributed by atoms with Gasteiger partial charge in [0, 0.05) is 23.0 Å². The van der Waals surface area contributed by atoms with Crippen molar-refractivity contribution in [1.82, 2.24) is 5.32 Å². The number of oxime groups is 1. The first-order chi connectivity index (χ1) is 13.0. The Bertz CT molecular complexity index is 737. The minimum absolute atomic E-state index is 0.0187. The number of fused-ring (bicyclic) bond motifs is 1. The van der Waals surface area contributed by atoms with Crippen LogP contribution in [0.4, 0.5) is 10.5 Å². The minimum Gasteiger partial charge on any atom is -0.464 e.